The van der Waals surface area contributed by atoms with Crippen molar-refractivity contribution >= 4 is 12.1 Å². The smallest absolute Gasteiger partial charge is 0.162 e. The van der Waals surface area contributed by atoms with Crippen LogP contribution in [0, 0.1) is 5.41 Å². The summed E-state index contributed by atoms with van der Waals surface area (Å²) in [6, 6.07) is 0. The molecular weight excluding hydrogens is 336 g/mol. The maximum absolute atomic E-state index is 12.5. The molecule has 0 aliphatic heterocycles. The van der Waals surface area contributed by atoms with E-state index in [1.807, 2.05) is 56.4 Å². The van der Waals surface area contributed by atoms with E-state index in [9.17, 15) is 14.7 Å². The first-order chi connectivity index (χ1) is 12.7. The molecule has 1 atom stereocenters. The molecule has 0 amide bonds. The van der Waals surface area contributed by atoms with Gasteiger partial charge in [0.25, 0.3) is 0 Å². The van der Waals surface area contributed by atoms with Gasteiger partial charge in [-0.3, -0.25) is 9.59 Å². The number of hydrogen-bond donors (Lipinski definition) is 1. The van der Waals surface area contributed by atoms with Gasteiger partial charge in [0.1, 0.15) is 6.29 Å². The quantitative estimate of drug-likeness (QED) is 0.277. The van der Waals surface area contributed by atoms with Crippen molar-refractivity contribution in [3.63, 3.8) is 0 Å². The molecular formula is C24H32O3. The third-order valence-electron chi connectivity index (χ3n) is 4.76. The van der Waals surface area contributed by atoms with Crippen molar-refractivity contribution in [2.75, 3.05) is 0 Å². The van der Waals surface area contributed by atoms with E-state index in [1.165, 1.54) is 0 Å². The van der Waals surface area contributed by atoms with Gasteiger partial charge < -0.3 is 5.11 Å². The molecule has 3 heteroatoms. The summed E-state index contributed by atoms with van der Waals surface area (Å²) in [6.07, 6.45) is 17.3. The second-order valence-corrected chi connectivity index (χ2v) is 7.84. The summed E-state index contributed by atoms with van der Waals surface area (Å²) < 4.78 is 0. The first-order valence-corrected chi connectivity index (χ1v) is 9.38. The maximum atomic E-state index is 12.5. The summed E-state index contributed by atoms with van der Waals surface area (Å²) in [4.78, 5) is 23.0. The van der Waals surface area contributed by atoms with Crippen molar-refractivity contribution in [3.05, 3.63) is 70.9 Å². The molecule has 1 aliphatic rings. The third kappa shape index (κ3) is 8.31. The number of hydrogen-bond acceptors (Lipinski definition) is 3. The molecule has 0 saturated heterocycles. The van der Waals surface area contributed by atoms with Gasteiger partial charge in [-0.1, -0.05) is 73.6 Å². The number of carbonyl (C=O) groups excluding carboxylic acids is 2. The second-order valence-electron chi connectivity index (χ2n) is 7.84. The lowest BCUT2D eigenvalue weighted by Gasteiger charge is -2.34. The van der Waals surface area contributed by atoms with Crippen LogP contribution >= 0.6 is 0 Å². The predicted octanol–water partition coefficient (Wildman–Crippen LogP) is 5.20. The molecule has 0 saturated carbocycles. The van der Waals surface area contributed by atoms with Crippen LogP contribution in [0.5, 0.6) is 0 Å². The number of aldehydes is 1. The lowest BCUT2D eigenvalue weighted by Crippen LogP contribution is -2.28. The molecule has 0 radical (unpaired) electrons. The fourth-order valence-corrected chi connectivity index (χ4v) is 2.93. The molecule has 0 aromatic rings. The van der Waals surface area contributed by atoms with Crippen LogP contribution < -0.4 is 0 Å². The van der Waals surface area contributed by atoms with Crippen molar-refractivity contribution in [2.45, 2.75) is 60.0 Å². The Balaban J connectivity index is 2.66. The zero-order chi connectivity index (χ0) is 20.4. The van der Waals surface area contributed by atoms with E-state index >= 15 is 0 Å². The molecule has 1 rings (SSSR count). The van der Waals surface area contributed by atoms with Crippen molar-refractivity contribution in [2.24, 2.45) is 5.41 Å². The average Bonchev–Trinajstić information content (AvgIpc) is 2.60. The van der Waals surface area contributed by atoms with Crippen LogP contribution in [-0.4, -0.2) is 23.3 Å². The van der Waals surface area contributed by atoms with Gasteiger partial charge in [-0.25, -0.2) is 0 Å². The maximum Gasteiger partial charge on any atom is 0.162 e. The molecule has 3 nitrogen and oxygen atoms in total. The molecule has 0 aromatic carbocycles. The van der Waals surface area contributed by atoms with Gasteiger partial charge in [0, 0.05) is 6.42 Å². The van der Waals surface area contributed by atoms with E-state index in [-0.39, 0.29) is 17.3 Å². The summed E-state index contributed by atoms with van der Waals surface area (Å²) in [7, 11) is 0. The number of Topliss-reactive ketones (excluding diaryl/α,β-unsaturated/α-hetero) is 1. The van der Waals surface area contributed by atoms with Crippen LogP contribution in [0.1, 0.15) is 53.9 Å². The topological polar surface area (TPSA) is 54.4 Å². The van der Waals surface area contributed by atoms with Crippen molar-refractivity contribution < 1.29 is 14.7 Å². The molecule has 0 aromatic heterocycles. The minimum atomic E-state index is -0.305. The lowest BCUT2D eigenvalue weighted by atomic mass is 9.72. The van der Waals surface area contributed by atoms with Gasteiger partial charge in [-0.15, -0.1) is 0 Å². The Morgan fingerprint density at radius 1 is 1.11 bits per heavy atom. The van der Waals surface area contributed by atoms with E-state index in [1.54, 1.807) is 13.0 Å². The molecule has 146 valence electrons. The summed E-state index contributed by atoms with van der Waals surface area (Å²) in [5, 5.41) is 9.81. The van der Waals surface area contributed by atoms with Crippen molar-refractivity contribution in [1.82, 2.24) is 0 Å². The largest absolute Gasteiger partial charge is 0.393 e. The Hall–Kier alpha value is -2.26. The lowest BCUT2D eigenvalue weighted by molar-refractivity contribution is -0.115. The van der Waals surface area contributed by atoms with E-state index in [2.05, 4.69) is 13.8 Å². The Kier molecular flexibility index (Phi) is 9.10. The highest BCUT2D eigenvalue weighted by atomic mass is 16.3. The first-order valence-electron chi connectivity index (χ1n) is 9.38. The standard InChI is InChI=1S/C24H32O3/c1-18(9-6-7-10-19(2)17-25)11-8-12-20(3)23(27)15-21-13-14-22(26)16-24(21,4)5/h6-13,17,22,26H,14-16H2,1-5H3/b7-6+,11-8-,18-9+,19-10+,20-12+/t22-/m1/s1. The highest BCUT2D eigenvalue weighted by molar-refractivity contribution is 5.96. The average molecular weight is 369 g/mol. The predicted molar refractivity (Wildman–Crippen MR) is 112 cm³/mol. The summed E-state index contributed by atoms with van der Waals surface area (Å²) >= 11 is 0. The number of rotatable bonds is 8. The van der Waals surface area contributed by atoms with Crippen LogP contribution in [0.15, 0.2) is 70.9 Å². The minimum Gasteiger partial charge on any atom is -0.393 e. The fraction of sp³-hybridized carbons (Fsp3) is 0.417. The fourth-order valence-electron chi connectivity index (χ4n) is 2.93. The summed E-state index contributed by atoms with van der Waals surface area (Å²) in [5.74, 6) is 0.117. The van der Waals surface area contributed by atoms with Crippen LogP contribution in [0.3, 0.4) is 0 Å². The van der Waals surface area contributed by atoms with Gasteiger partial charge in [-0.05, 0) is 50.2 Å². The SMILES string of the molecule is C\C(C=O)=C/C=C/C=C(C)/C=C\C=C(/C)C(=O)CC1=CC[C@@H](O)CC1(C)C. The van der Waals surface area contributed by atoms with E-state index in [4.69, 9.17) is 0 Å². The molecule has 0 heterocycles. The highest BCUT2D eigenvalue weighted by Gasteiger charge is 2.31. The Morgan fingerprint density at radius 3 is 2.33 bits per heavy atom. The molecule has 0 spiro atoms. The molecule has 27 heavy (non-hydrogen) atoms. The van der Waals surface area contributed by atoms with E-state index < -0.39 is 0 Å². The van der Waals surface area contributed by atoms with Gasteiger partial charge >= 0.3 is 0 Å². The Bertz CT molecular complexity index is 725. The van der Waals surface area contributed by atoms with Gasteiger partial charge in [-0.2, -0.15) is 0 Å². The molecule has 1 N–H and O–H groups in total. The zero-order valence-electron chi connectivity index (χ0n) is 17.2. The minimum absolute atomic E-state index is 0.117. The van der Waals surface area contributed by atoms with Gasteiger partial charge in [0.05, 0.1) is 6.10 Å². The van der Waals surface area contributed by atoms with Crippen LogP contribution in [0.25, 0.3) is 0 Å². The Morgan fingerprint density at radius 2 is 1.74 bits per heavy atom. The third-order valence-corrected chi connectivity index (χ3v) is 4.76. The molecule has 0 bridgehead atoms. The van der Waals surface area contributed by atoms with Gasteiger partial charge in [0.2, 0.25) is 0 Å². The monoisotopic (exact) mass is 368 g/mol. The first kappa shape index (κ1) is 22.8. The Labute approximate surface area is 163 Å². The van der Waals surface area contributed by atoms with Gasteiger partial charge in [0.15, 0.2) is 5.78 Å². The van der Waals surface area contributed by atoms with E-state index in [0.717, 1.165) is 23.0 Å². The molecule has 0 unspecified atom stereocenters. The van der Waals surface area contributed by atoms with Crippen LogP contribution in [0.4, 0.5) is 0 Å². The molecule has 1 aliphatic carbocycles. The number of carbonyl (C=O) groups is 2. The number of ketones is 1. The summed E-state index contributed by atoms with van der Waals surface area (Å²) in [5.41, 5.74) is 3.43. The van der Waals surface area contributed by atoms with E-state index in [0.29, 0.717) is 24.8 Å². The van der Waals surface area contributed by atoms with Crippen molar-refractivity contribution in [3.8, 4) is 0 Å². The number of allylic oxidation sites excluding steroid dienone is 11. The van der Waals surface area contributed by atoms with Crippen LogP contribution in [-0.2, 0) is 9.59 Å². The zero-order valence-corrected chi connectivity index (χ0v) is 17.2. The summed E-state index contributed by atoms with van der Waals surface area (Å²) in [6.45, 7) is 9.74. The number of aliphatic hydroxyl groups is 1. The molecule has 0 fully saturated rings. The normalized spacial score (nSPS) is 21.6. The van der Waals surface area contributed by atoms with Crippen LogP contribution in [0.2, 0.25) is 0 Å². The highest BCUT2D eigenvalue weighted by Crippen LogP contribution is 2.38. The second kappa shape index (κ2) is 10.8. The van der Waals surface area contributed by atoms with Crippen molar-refractivity contribution in [1.29, 1.82) is 0 Å². The number of aliphatic hydroxyl groups excluding tert-OH is 1.